The van der Waals surface area contributed by atoms with Gasteiger partial charge >= 0.3 is 0 Å². The summed E-state index contributed by atoms with van der Waals surface area (Å²) in [5, 5.41) is 3.65. The lowest BCUT2D eigenvalue weighted by atomic mass is 10.1. The number of carbonyl (C=O) groups is 2. The first-order valence-corrected chi connectivity index (χ1v) is 10.3. The van der Waals surface area contributed by atoms with E-state index in [1.165, 1.54) is 17.5 Å². The van der Waals surface area contributed by atoms with E-state index in [0.717, 1.165) is 17.7 Å². The molecular weight excluding hydrogens is 414 g/mol. The molecule has 2 aromatic heterocycles. The van der Waals surface area contributed by atoms with E-state index in [1.54, 1.807) is 24.3 Å². The summed E-state index contributed by atoms with van der Waals surface area (Å²) in [6.07, 6.45) is 2.25. The van der Waals surface area contributed by atoms with Gasteiger partial charge in [0, 0.05) is 17.4 Å². The van der Waals surface area contributed by atoms with Crippen LogP contribution in [0.4, 0.5) is 11.4 Å². The Kier molecular flexibility index (Phi) is 5.50. The molecule has 156 valence electrons. The van der Waals surface area contributed by atoms with Crippen LogP contribution in [0.1, 0.15) is 33.2 Å². The van der Waals surface area contributed by atoms with Gasteiger partial charge in [-0.3, -0.25) is 9.59 Å². The second-order valence-electron chi connectivity index (χ2n) is 6.67. The van der Waals surface area contributed by atoms with Crippen LogP contribution in [0.3, 0.4) is 0 Å². The number of hydrogen-bond donors (Lipinski definition) is 3. The molecule has 2 heterocycles. The predicted molar refractivity (Wildman–Crippen MR) is 120 cm³/mol. The van der Waals surface area contributed by atoms with Crippen LogP contribution in [0.15, 0.2) is 54.7 Å². The Bertz CT molecular complexity index is 1280. The van der Waals surface area contributed by atoms with Gasteiger partial charge in [-0.25, -0.2) is 4.98 Å². The number of aromatic nitrogens is 2. The van der Waals surface area contributed by atoms with E-state index in [1.807, 2.05) is 24.3 Å². The predicted octanol–water partition coefficient (Wildman–Crippen LogP) is 3.99. The topological polar surface area (TPSA) is 133 Å². The SMILES string of the molecule is CCc1ccccc1Nc1c(C(N)=O)cnc2sc(Oc3ccc(C(N)=O)cc3)nc12. The first-order chi connectivity index (χ1) is 15.0. The van der Waals surface area contributed by atoms with Crippen molar-refractivity contribution in [1.82, 2.24) is 9.97 Å². The lowest BCUT2D eigenvalue weighted by Crippen LogP contribution is -2.14. The summed E-state index contributed by atoms with van der Waals surface area (Å²) in [4.78, 5) is 32.7. The molecule has 0 saturated heterocycles. The number of fused-ring (bicyclic) bond motifs is 1. The first-order valence-electron chi connectivity index (χ1n) is 9.48. The summed E-state index contributed by atoms with van der Waals surface area (Å²) in [6.45, 7) is 2.05. The minimum atomic E-state index is -0.608. The minimum Gasteiger partial charge on any atom is -0.431 e. The molecule has 5 N–H and O–H groups in total. The van der Waals surface area contributed by atoms with Gasteiger partial charge in [0.1, 0.15) is 16.1 Å². The molecule has 0 fully saturated rings. The zero-order chi connectivity index (χ0) is 22.0. The number of carbonyl (C=O) groups excluding carboxylic acids is 2. The molecular formula is C22H19N5O3S. The Balaban J connectivity index is 1.74. The Morgan fingerprint density at radius 2 is 1.81 bits per heavy atom. The van der Waals surface area contributed by atoms with Gasteiger partial charge in [0.25, 0.3) is 11.1 Å². The van der Waals surface area contributed by atoms with Crippen LogP contribution < -0.4 is 21.5 Å². The molecule has 0 radical (unpaired) electrons. The van der Waals surface area contributed by atoms with Gasteiger partial charge in [0.15, 0.2) is 0 Å². The van der Waals surface area contributed by atoms with Crippen molar-refractivity contribution in [2.24, 2.45) is 11.5 Å². The van der Waals surface area contributed by atoms with Crippen molar-refractivity contribution < 1.29 is 14.3 Å². The van der Waals surface area contributed by atoms with E-state index < -0.39 is 11.8 Å². The van der Waals surface area contributed by atoms with Crippen LogP contribution in [-0.4, -0.2) is 21.8 Å². The van der Waals surface area contributed by atoms with Gasteiger partial charge in [-0.15, -0.1) is 0 Å². The first kappa shape index (κ1) is 20.3. The van der Waals surface area contributed by atoms with Gasteiger partial charge < -0.3 is 21.5 Å². The number of rotatable bonds is 7. The third kappa shape index (κ3) is 4.17. The van der Waals surface area contributed by atoms with E-state index in [0.29, 0.717) is 32.5 Å². The molecule has 2 amide bonds. The van der Waals surface area contributed by atoms with Crippen LogP contribution in [0.25, 0.3) is 10.3 Å². The Hall–Kier alpha value is -3.98. The number of primary amides is 2. The van der Waals surface area contributed by atoms with Crippen molar-refractivity contribution in [3.05, 3.63) is 71.4 Å². The van der Waals surface area contributed by atoms with Crippen LogP contribution in [-0.2, 0) is 6.42 Å². The molecule has 0 aliphatic heterocycles. The maximum absolute atomic E-state index is 12.0. The number of nitrogens with one attached hydrogen (secondary N) is 1. The fraction of sp³-hybridized carbons (Fsp3) is 0.0909. The number of aryl methyl sites for hydroxylation is 1. The lowest BCUT2D eigenvalue weighted by molar-refractivity contribution is 0.0992. The number of nitrogens with two attached hydrogens (primary N) is 2. The highest BCUT2D eigenvalue weighted by atomic mass is 32.1. The summed E-state index contributed by atoms with van der Waals surface area (Å²) in [5.41, 5.74) is 14.4. The molecule has 0 unspecified atom stereocenters. The zero-order valence-electron chi connectivity index (χ0n) is 16.6. The second kappa shape index (κ2) is 8.41. The summed E-state index contributed by atoms with van der Waals surface area (Å²) in [6, 6.07) is 14.2. The number of thiazole rings is 1. The maximum Gasteiger partial charge on any atom is 0.281 e. The van der Waals surface area contributed by atoms with Crippen molar-refractivity contribution >= 4 is 44.9 Å². The van der Waals surface area contributed by atoms with Gasteiger partial charge in [-0.1, -0.05) is 36.5 Å². The quantitative estimate of drug-likeness (QED) is 0.404. The average Bonchev–Trinajstić information content (AvgIpc) is 3.17. The summed E-state index contributed by atoms with van der Waals surface area (Å²) in [7, 11) is 0. The van der Waals surface area contributed by atoms with Crippen LogP contribution in [0, 0.1) is 0 Å². The molecule has 8 nitrogen and oxygen atoms in total. The Labute approximate surface area is 181 Å². The maximum atomic E-state index is 12.0. The van der Waals surface area contributed by atoms with Crippen LogP contribution in [0.2, 0.25) is 0 Å². The minimum absolute atomic E-state index is 0.237. The molecule has 0 atom stereocenters. The highest BCUT2D eigenvalue weighted by molar-refractivity contribution is 7.19. The summed E-state index contributed by atoms with van der Waals surface area (Å²) in [5.74, 6) is -0.633. The van der Waals surface area contributed by atoms with Gasteiger partial charge in [-0.2, -0.15) is 4.98 Å². The molecule has 0 saturated carbocycles. The Morgan fingerprint density at radius 3 is 2.48 bits per heavy atom. The van der Waals surface area contributed by atoms with Gasteiger partial charge in [-0.05, 0) is 42.3 Å². The average molecular weight is 433 g/mol. The summed E-state index contributed by atoms with van der Waals surface area (Å²) < 4.78 is 5.82. The molecule has 2 aromatic carbocycles. The molecule has 31 heavy (non-hydrogen) atoms. The number of para-hydroxylation sites is 1. The number of pyridine rings is 1. The number of benzene rings is 2. The van der Waals surface area contributed by atoms with E-state index in [4.69, 9.17) is 16.2 Å². The summed E-state index contributed by atoms with van der Waals surface area (Å²) >= 11 is 1.23. The Morgan fingerprint density at radius 1 is 1.06 bits per heavy atom. The normalized spacial score (nSPS) is 10.7. The zero-order valence-corrected chi connectivity index (χ0v) is 17.4. The van der Waals surface area contributed by atoms with Crippen LogP contribution >= 0.6 is 11.3 Å². The number of ether oxygens (including phenoxy) is 1. The molecule has 0 bridgehead atoms. The lowest BCUT2D eigenvalue weighted by Gasteiger charge is -2.13. The highest BCUT2D eigenvalue weighted by Crippen LogP contribution is 2.37. The smallest absolute Gasteiger partial charge is 0.281 e. The van der Waals surface area contributed by atoms with Gasteiger partial charge in [0.05, 0.1) is 11.3 Å². The molecule has 9 heteroatoms. The third-order valence-corrected chi connectivity index (χ3v) is 5.52. The largest absolute Gasteiger partial charge is 0.431 e. The van der Waals surface area contributed by atoms with Gasteiger partial charge in [0.2, 0.25) is 5.91 Å². The molecule has 4 aromatic rings. The fourth-order valence-corrected chi connectivity index (χ4v) is 3.88. The van der Waals surface area contributed by atoms with Crippen molar-refractivity contribution in [3.63, 3.8) is 0 Å². The number of anilines is 2. The second-order valence-corrected chi connectivity index (χ2v) is 7.61. The number of hydrogen-bond acceptors (Lipinski definition) is 7. The van der Waals surface area contributed by atoms with Crippen molar-refractivity contribution in [1.29, 1.82) is 0 Å². The number of amides is 2. The van der Waals surface area contributed by atoms with E-state index in [9.17, 15) is 9.59 Å². The van der Waals surface area contributed by atoms with E-state index in [-0.39, 0.29) is 5.56 Å². The monoisotopic (exact) mass is 433 g/mol. The third-order valence-electron chi connectivity index (χ3n) is 4.67. The van der Waals surface area contributed by atoms with Crippen LogP contribution in [0.5, 0.6) is 10.9 Å². The molecule has 4 rings (SSSR count). The fourth-order valence-electron chi connectivity index (χ4n) is 3.09. The van der Waals surface area contributed by atoms with E-state index >= 15 is 0 Å². The van der Waals surface area contributed by atoms with Crippen molar-refractivity contribution in [2.75, 3.05) is 5.32 Å². The molecule has 0 aliphatic carbocycles. The standard InChI is InChI=1S/C22H19N5O3S/c1-2-12-5-3-4-6-16(12)26-17-15(20(24)29)11-25-21-18(17)27-22(31-21)30-14-9-7-13(8-10-14)19(23)28/h3-11H,2H2,1H3,(H2,23,28)(H2,24,29)(H,25,26). The molecule has 0 spiro atoms. The number of nitrogens with zero attached hydrogens (tertiary/aromatic N) is 2. The van der Waals surface area contributed by atoms with Crippen molar-refractivity contribution in [3.8, 4) is 10.9 Å². The van der Waals surface area contributed by atoms with Crippen molar-refractivity contribution in [2.45, 2.75) is 13.3 Å². The highest BCUT2D eigenvalue weighted by Gasteiger charge is 2.19. The molecule has 0 aliphatic rings. The van der Waals surface area contributed by atoms with E-state index in [2.05, 4.69) is 22.2 Å².